The SMILES string of the molecule is O=C(NC[C@@H]1CCCO1)c1ccc(O)c([N+](=O)[O-])c1. The van der Waals surface area contributed by atoms with Crippen molar-refractivity contribution >= 4 is 11.6 Å². The second kappa shape index (κ2) is 5.66. The van der Waals surface area contributed by atoms with Gasteiger partial charge in [0, 0.05) is 24.8 Å². The van der Waals surface area contributed by atoms with Gasteiger partial charge in [-0.3, -0.25) is 14.9 Å². The molecule has 7 heteroatoms. The molecule has 1 saturated heterocycles. The molecule has 1 aliphatic rings. The number of hydrogen-bond donors (Lipinski definition) is 2. The van der Waals surface area contributed by atoms with Crippen LogP contribution in [0.5, 0.6) is 5.75 Å². The molecule has 1 atom stereocenters. The van der Waals surface area contributed by atoms with Crippen LogP contribution in [0, 0.1) is 10.1 Å². The number of nitrogens with one attached hydrogen (secondary N) is 1. The van der Waals surface area contributed by atoms with Gasteiger partial charge in [-0.15, -0.1) is 0 Å². The first kappa shape index (κ1) is 13.3. The lowest BCUT2D eigenvalue weighted by Crippen LogP contribution is -2.31. The number of aromatic hydroxyl groups is 1. The van der Waals surface area contributed by atoms with Crippen molar-refractivity contribution in [2.24, 2.45) is 0 Å². The molecule has 1 fully saturated rings. The third-order valence-electron chi connectivity index (χ3n) is 2.95. The average molecular weight is 266 g/mol. The van der Waals surface area contributed by atoms with Gasteiger partial charge >= 0.3 is 5.69 Å². The zero-order valence-electron chi connectivity index (χ0n) is 10.2. The first-order valence-corrected chi connectivity index (χ1v) is 5.95. The minimum absolute atomic E-state index is 0.0102. The summed E-state index contributed by atoms with van der Waals surface area (Å²) in [7, 11) is 0. The predicted molar refractivity (Wildman–Crippen MR) is 66.1 cm³/mol. The number of benzene rings is 1. The molecule has 1 aromatic carbocycles. The summed E-state index contributed by atoms with van der Waals surface area (Å²) in [5.41, 5.74) is -0.340. The van der Waals surface area contributed by atoms with E-state index in [9.17, 15) is 20.0 Å². The van der Waals surface area contributed by atoms with Gasteiger partial charge in [0.05, 0.1) is 11.0 Å². The van der Waals surface area contributed by atoms with Gasteiger partial charge in [-0.25, -0.2) is 0 Å². The average Bonchev–Trinajstić information content (AvgIpc) is 2.89. The molecule has 0 aromatic heterocycles. The Hall–Kier alpha value is -2.15. The highest BCUT2D eigenvalue weighted by Gasteiger charge is 2.19. The number of phenols is 1. The van der Waals surface area contributed by atoms with E-state index in [2.05, 4.69) is 5.32 Å². The summed E-state index contributed by atoms with van der Waals surface area (Å²) in [6.45, 7) is 1.08. The highest BCUT2D eigenvalue weighted by atomic mass is 16.6. The van der Waals surface area contributed by atoms with Gasteiger partial charge in [0.15, 0.2) is 5.75 Å². The fourth-order valence-corrected chi connectivity index (χ4v) is 1.92. The summed E-state index contributed by atoms with van der Waals surface area (Å²) in [5, 5.41) is 22.6. The Labute approximate surface area is 109 Å². The quantitative estimate of drug-likeness (QED) is 0.630. The molecule has 102 valence electrons. The van der Waals surface area contributed by atoms with Gasteiger partial charge in [-0.05, 0) is 25.0 Å². The van der Waals surface area contributed by atoms with Crippen molar-refractivity contribution in [1.29, 1.82) is 0 Å². The number of amides is 1. The Bertz CT molecular complexity index is 497. The van der Waals surface area contributed by atoms with E-state index in [0.29, 0.717) is 13.2 Å². The molecule has 0 saturated carbocycles. The van der Waals surface area contributed by atoms with E-state index in [-0.39, 0.29) is 11.7 Å². The Balaban J connectivity index is 2.02. The maximum atomic E-state index is 11.8. The molecule has 0 spiro atoms. The van der Waals surface area contributed by atoms with E-state index in [4.69, 9.17) is 4.74 Å². The molecule has 0 aliphatic carbocycles. The van der Waals surface area contributed by atoms with E-state index in [1.807, 2.05) is 0 Å². The Morgan fingerprint density at radius 3 is 3.00 bits per heavy atom. The van der Waals surface area contributed by atoms with Crippen molar-refractivity contribution in [3.63, 3.8) is 0 Å². The third-order valence-corrected chi connectivity index (χ3v) is 2.95. The highest BCUT2D eigenvalue weighted by Crippen LogP contribution is 2.26. The summed E-state index contributed by atoms with van der Waals surface area (Å²) in [5.74, 6) is -0.876. The molecular weight excluding hydrogens is 252 g/mol. The Morgan fingerprint density at radius 2 is 2.37 bits per heavy atom. The van der Waals surface area contributed by atoms with Crippen LogP contribution in [0.25, 0.3) is 0 Å². The number of hydrogen-bond acceptors (Lipinski definition) is 5. The standard InChI is InChI=1S/C12H14N2O5/c15-11-4-3-8(6-10(11)14(17)18)12(16)13-7-9-2-1-5-19-9/h3-4,6,9,15H,1-2,5,7H2,(H,13,16)/t9-/m0/s1. The van der Waals surface area contributed by atoms with Gasteiger partial charge in [0.1, 0.15) is 0 Å². The number of ether oxygens (including phenoxy) is 1. The monoisotopic (exact) mass is 266 g/mol. The lowest BCUT2D eigenvalue weighted by Gasteiger charge is -2.10. The first-order valence-electron chi connectivity index (χ1n) is 5.95. The fraction of sp³-hybridized carbons (Fsp3) is 0.417. The highest BCUT2D eigenvalue weighted by molar-refractivity contribution is 5.95. The number of carbonyl (C=O) groups is 1. The third kappa shape index (κ3) is 3.19. The van der Waals surface area contributed by atoms with Gasteiger partial charge in [0.2, 0.25) is 0 Å². The number of nitro groups is 1. The van der Waals surface area contributed by atoms with Crippen LogP contribution >= 0.6 is 0 Å². The van der Waals surface area contributed by atoms with Gasteiger partial charge < -0.3 is 15.2 Å². The van der Waals surface area contributed by atoms with Gasteiger partial charge in [0.25, 0.3) is 5.91 Å². The topological polar surface area (TPSA) is 102 Å². The normalized spacial score (nSPS) is 18.2. The largest absolute Gasteiger partial charge is 0.502 e. The van der Waals surface area contributed by atoms with Crippen LogP contribution in [0.1, 0.15) is 23.2 Å². The first-order chi connectivity index (χ1) is 9.08. The number of nitro benzene ring substituents is 1. The van der Waals surface area contributed by atoms with Crippen molar-refractivity contribution in [1.82, 2.24) is 5.32 Å². The zero-order valence-corrected chi connectivity index (χ0v) is 10.2. The molecule has 1 amide bonds. The zero-order chi connectivity index (χ0) is 13.8. The van der Waals surface area contributed by atoms with Crippen LogP contribution in [-0.4, -0.2) is 35.2 Å². The van der Waals surface area contributed by atoms with E-state index in [1.165, 1.54) is 6.07 Å². The molecule has 2 N–H and O–H groups in total. The van der Waals surface area contributed by atoms with Crippen LogP contribution in [0.2, 0.25) is 0 Å². The summed E-state index contributed by atoms with van der Waals surface area (Å²) in [4.78, 5) is 21.7. The fourth-order valence-electron chi connectivity index (χ4n) is 1.92. The molecule has 1 heterocycles. The minimum Gasteiger partial charge on any atom is -0.502 e. The van der Waals surface area contributed by atoms with E-state index in [1.54, 1.807) is 0 Å². The second-order valence-corrected chi connectivity index (χ2v) is 4.31. The van der Waals surface area contributed by atoms with E-state index in [0.717, 1.165) is 25.0 Å². The molecule has 19 heavy (non-hydrogen) atoms. The van der Waals surface area contributed by atoms with Crippen molar-refractivity contribution in [2.45, 2.75) is 18.9 Å². The van der Waals surface area contributed by atoms with E-state index < -0.39 is 22.3 Å². The van der Waals surface area contributed by atoms with E-state index >= 15 is 0 Å². The summed E-state index contributed by atoms with van der Waals surface area (Å²) in [6, 6.07) is 3.53. The smallest absolute Gasteiger partial charge is 0.311 e. The minimum atomic E-state index is -0.730. The molecule has 2 rings (SSSR count). The van der Waals surface area contributed by atoms with Crippen molar-refractivity contribution in [3.05, 3.63) is 33.9 Å². The van der Waals surface area contributed by atoms with Crippen LogP contribution in [0.15, 0.2) is 18.2 Å². The second-order valence-electron chi connectivity index (χ2n) is 4.31. The molecule has 7 nitrogen and oxygen atoms in total. The van der Waals surface area contributed by atoms with Crippen molar-refractivity contribution in [3.8, 4) is 5.75 Å². The lowest BCUT2D eigenvalue weighted by molar-refractivity contribution is -0.385. The number of phenolic OH excluding ortho intramolecular Hbond substituents is 1. The molecule has 0 radical (unpaired) electrons. The Morgan fingerprint density at radius 1 is 1.58 bits per heavy atom. The van der Waals surface area contributed by atoms with Crippen LogP contribution in [-0.2, 0) is 4.74 Å². The van der Waals surface area contributed by atoms with Gasteiger partial charge in [-0.1, -0.05) is 0 Å². The summed E-state index contributed by atoms with van der Waals surface area (Å²) in [6.07, 6.45) is 1.89. The van der Waals surface area contributed by atoms with Crippen molar-refractivity contribution < 1.29 is 19.6 Å². The van der Waals surface area contributed by atoms with Crippen molar-refractivity contribution in [2.75, 3.05) is 13.2 Å². The summed E-state index contributed by atoms with van der Waals surface area (Å²) >= 11 is 0. The number of rotatable bonds is 4. The maximum absolute atomic E-state index is 11.8. The molecule has 1 aromatic rings. The molecule has 0 bridgehead atoms. The lowest BCUT2D eigenvalue weighted by atomic mass is 10.1. The maximum Gasteiger partial charge on any atom is 0.311 e. The molecule has 1 aliphatic heterocycles. The van der Waals surface area contributed by atoms with Crippen LogP contribution in [0.3, 0.4) is 0 Å². The number of carbonyl (C=O) groups excluding carboxylic acids is 1. The number of nitrogens with zero attached hydrogens (tertiary/aromatic N) is 1. The Kier molecular flexibility index (Phi) is 3.96. The van der Waals surface area contributed by atoms with Crippen LogP contribution < -0.4 is 5.32 Å². The summed E-state index contributed by atoms with van der Waals surface area (Å²) < 4.78 is 5.36. The molecular formula is C12H14N2O5. The van der Waals surface area contributed by atoms with Gasteiger partial charge in [-0.2, -0.15) is 0 Å². The molecule has 0 unspecified atom stereocenters. The van der Waals surface area contributed by atoms with Crippen LogP contribution in [0.4, 0.5) is 5.69 Å². The predicted octanol–water partition coefficient (Wildman–Crippen LogP) is 1.21.